The Kier molecular flexibility index (Phi) is 4.61. The first-order valence-electron chi connectivity index (χ1n) is 7.42. The van der Waals surface area contributed by atoms with Crippen molar-refractivity contribution in [3.8, 4) is 0 Å². The summed E-state index contributed by atoms with van der Waals surface area (Å²) in [7, 11) is 2.17. The van der Waals surface area contributed by atoms with E-state index in [-0.39, 0.29) is 0 Å². The van der Waals surface area contributed by atoms with Crippen LogP contribution in [0.15, 0.2) is 6.07 Å². The topological polar surface area (TPSA) is 41.1 Å². The molecule has 1 N–H and O–H groups in total. The minimum Gasteiger partial charge on any atom is -0.357 e. The molecule has 0 bridgehead atoms. The van der Waals surface area contributed by atoms with Crippen LogP contribution in [0.25, 0.3) is 0 Å². The second-order valence-electron chi connectivity index (χ2n) is 5.76. The number of nitrogens with zero attached hydrogens (tertiary/aromatic N) is 3. The summed E-state index contributed by atoms with van der Waals surface area (Å²) in [5, 5.41) is 3.21. The summed E-state index contributed by atoms with van der Waals surface area (Å²) in [4.78, 5) is 11.4. The van der Waals surface area contributed by atoms with Crippen LogP contribution >= 0.6 is 0 Å². The highest BCUT2D eigenvalue weighted by molar-refractivity contribution is 5.45. The Hall–Kier alpha value is -1.32. The summed E-state index contributed by atoms with van der Waals surface area (Å²) >= 11 is 0. The maximum absolute atomic E-state index is 4.63. The third kappa shape index (κ3) is 3.58. The van der Waals surface area contributed by atoms with Gasteiger partial charge < -0.3 is 10.2 Å². The zero-order valence-corrected chi connectivity index (χ0v) is 12.6. The van der Waals surface area contributed by atoms with E-state index in [1.165, 1.54) is 25.7 Å². The minimum atomic E-state index is 0.618. The van der Waals surface area contributed by atoms with E-state index in [9.17, 15) is 0 Å². The fourth-order valence-corrected chi connectivity index (χ4v) is 2.91. The SMILES string of the molecule is CCNc1nc(C)cc(N(C)C2CCCC(C)C2)n1. The van der Waals surface area contributed by atoms with Gasteiger partial charge >= 0.3 is 0 Å². The van der Waals surface area contributed by atoms with Gasteiger partial charge in [-0.1, -0.05) is 19.8 Å². The van der Waals surface area contributed by atoms with E-state index in [1.807, 2.05) is 6.92 Å². The standard InChI is InChI=1S/C15H26N4/c1-5-16-15-17-12(3)10-14(18-15)19(4)13-8-6-7-11(2)9-13/h10-11,13H,5-9H2,1-4H3,(H,16,17,18). The Morgan fingerprint density at radius 1 is 1.37 bits per heavy atom. The number of aromatic nitrogens is 2. The third-order valence-electron chi connectivity index (χ3n) is 3.99. The van der Waals surface area contributed by atoms with Gasteiger partial charge in [0, 0.05) is 31.4 Å². The first-order chi connectivity index (χ1) is 9.10. The third-order valence-corrected chi connectivity index (χ3v) is 3.99. The van der Waals surface area contributed by atoms with Crippen LogP contribution in [0.1, 0.15) is 45.2 Å². The average Bonchev–Trinajstić information content (AvgIpc) is 2.37. The monoisotopic (exact) mass is 262 g/mol. The van der Waals surface area contributed by atoms with Crippen LogP contribution < -0.4 is 10.2 Å². The van der Waals surface area contributed by atoms with E-state index >= 15 is 0 Å². The van der Waals surface area contributed by atoms with Crippen LogP contribution in [0.2, 0.25) is 0 Å². The van der Waals surface area contributed by atoms with Gasteiger partial charge in [0.1, 0.15) is 5.82 Å². The molecule has 0 aliphatic heterocycles. The van der Waals surface area contributed by atoms with Gasteiger partial charge in [0.15, 0.2) is 0 Å². The average molecular weight is 262 g/mol. The molecule has 1 fully saturated rings. The molecule has 1 aliphatic carbocycles. The number of aryl methyl sites for hydroxylation is 1. The number of rotatable bonds is 4. The van der Waals surface area contributed by atoms with Crippen molar-refractivity contribution in [3.63, 3.8) is 0 Å². The zero-order chi connectivity index (χ0) is 13.8. The van der Waals surface area contributed by atoms with Crippen molar-refractivity contribution in [2.45, 2.75) is 52.5 Å². The molecule has 1 aromatic rings. The van der Waals surface area contributed by atoms with Crippen molar-refractivity contribution in [1.29, 1.82) is 0 Å². The van der Waals surface area contributed by atoms with Crippen molar-refractivity contribution in [1.82, 2.24) is 9.97 Å². The van der Waals surface area contributed by atoms with Crippen molar-refractivity contribution in [3.05, 3.63) is 11.8 Å². The van der Waals surface area contributed by atoms with Crippen LogP contribution in [0.4, 0.5) is 11.8 Å². The number of hydrogen-bond acceptors (Lipinski definition) is 4. The number of hydrogen-bond donors (Lipinski definition) is 1. The Bertz CT molecular complexity index is 419. The molecule has 4 nitrogen and oxygen atoms in total. The van der Waals surface area contributed by atoms with E-state index in [0.717, 1.165) is 29.9 Å². The highest BCUT2D eigenvalue weighted by Gasteiger charge is 2.23. The zero-order valence-electron chi connectivity index (χ0n) is 12.6. The summed E-state index contributed by atoms with van der Waals surface area (Å²) < 4.78 is 0. The quantitative estimate of drug-likeness (QED) is 0.904. The van der Waals surface area contributed by atoms with Gasteiger partial charge in [0.25, 0.3) is 0 Å². The molecule has 0 saturated heterocycles. The molecule has 1 aliphatic rings. The van der Waals surface area contributed by atoms with Crippen molar-refractivity contribution in [2.24, 2.45) is 5.92 Å². The largest absolute Gasteiger partial charge is 0.357 e. The fourth-order valence-electron chi connectivity index (χ4n) is 2.91. The Labute approximate surface area is 116 Å². The van der Waals surface area contributed by atoms with Crippen LogP contribution in [0.5, 0.6) is 0 Å². The predicted molar refractivity (Wildman–Crippen MR) is 80.8 cm³/mol. The molecule has 1 saturated carbocycles. The fraction of sp³-hybridized carbons (Fsp3) is 0.733. The molecule has 1 heterocycles. The molecule has 4 heteroatoms. The maximum Gasteiger partial charge on any atom is 0.224 e. The summed E-state index contributed by atoms with van der Waals surface area (Å²) in [6, 6.07) is 2.70. The Morgan fingerprint density at radius 2 is 2.16 bits per heavy atom. The van der Waals surface area contributed by atoms with Crippen LogP contribution in [-0.2, 0) is 0 Å². The lowest BCUT2D eigenvalue weighted by molar-refractivity contribution is 0.335. The lowest BCUT2D eigenvalue weighted by Crippen LogP contribution is -2.36. The molecule has 0 amide bonds. The van der Waals surface area contributed by atoms with Crippen molar-refractivity contribution < 1.29 is 0 Å². The molecule has 1 aromatic heterocycles. The molecule has 19 heavy (non-hydrogen) atoms. The predicted octanol–water partition coefficient (Wildman–Crippen LogP) is 3.23. The lowest BCUT2D eigenvalue weighted by atomic mass is 9.86. The van der Waals surface area contributed by atoms with E-state index < -0.39 is 0 Å². The van der Waals surface area contributed by atoms with Crippen LogP contribution in [-0.4, -0.2) is 29.6 Å². The van der Waals surface area contributed by atoms with Gasteiger partial charge in [-0.3, -0.25) is 0 Å². The second-order valence-corrected chi connectivity index (χ2v) is 5.76. The molecular formula is C15H26N4. The lowest BCUT2D eigenvalue weighted by Gasteiger charge is -2.35. The molecule has 0 radical (unpaired) electrons. The summed E-state index contributed by atoms with van der Waals surface area (Å²) in [6.45, 7) is 7.31. The highest BCUT2D eigenvalue weighted by Crippen LogP contribution is 2.29. The Balaban J connectivity index is 2.15. The first kappa shape index (κ1) is 14.1. The summed E-state index contributed by atoms with van der Waals surface area (Å²) in [6.07, 6.45) is 5.26. The van der Waals surface area contributed by atoms with E-state index in [0.29, 0.717) is 6.04 Å². The summed E-state index contributed by atoms with van der Waals surface area (Å²) in [5.41, 5.74) is 1.02. The van der Waals surface area contributed by atoms with Gasteiger partial charge in [-0.15, -0.1) is 0 Å². The second kappa shape index (κ2) is 6.22. The van der Waals surface area contributed by atoms with Gasteiger partial charge in [0.2, 0.25) is 5.95 Å². The molecule has 2 rings (SSSR count). The van der Waals surface area contributed by atoms with E-state index in [1.54, 1.807) is 0 Å². The maximum atomic E-state index is 4.63. The van der Waals surface area contributed by atoms with Gasteiger partial charge in [-0.2, -0.15) is 4.98 Å². The first-order valence-corrected chi connectivity index (χ1v) is 7.42. The number of anilines is 2. The molecule has 106 valence electrons. The molecule has 2 atom stereocenters. The van der Waals surface area contributed by atoms with E-state index in [4.69, 9.17) is 0 Å². The molecule has 0 aromatic carbocycles. The Morgan fingerprint density at radius 3 is 2.84 bits per heavy atom. The van der Waals surface area contributed by atoms with Crippen molar-refractivity contribution >= 4 is 11.8 Å². The molecule has 0 spiro atoms. The molecular weight excluding hydrogens is 236 g/mol. The van der Waals surface area contributed by atoms with Crippen LogP contribution in [0.3, 0.4) is 0 Å². The van der Waals surface area contributed by atoms with Crippen molar-refractivity contribution in [2.75, 3.05) is 23.8 Å². The smallest absolute Gasteiger partial charge is 0.224 e. The summed E-state index contributed by atoms with van der Waals surface area (Å²) in [5.74, 6) is 2.62. The van der Waals surface area contributed by atoms with Gasteiger partial charge in [-0.05, 0) is 32.6 Å². The van der Waals surface area contributed by atoms with Gasteiger partial charge in [-0.25, -0.2) is 4.98 Å². The number of nitrogens with one attached hydrogen (secondary N) is 1. The van der Waals surface area contributed by atoms with Crippen LogP contribution in [0, 0.1) is 12.8 Å². The van der Waals surface area contributed by atoms with Gasteiger partial charge in [0.05, 0.1) is 0 Å². The molecule has 2 unspecified atom stereocenters. The normalized spacial score (nSPS) is 23.2. The highest BCUT2D eigenvalue weighted by atomic mass is 15.2. The van der Waals surface area contributed by atoms with E-state index in [2.05, 4.69) is 47.1 Å². The minimum absolute atomic E-state index is 0.618.